The number of hydrogen-bond donors (Lipinski definition) is 1. The van der Waals surface area contributed by atoms with E-state index in [1.54, 1.807) is 4.90 Å². The average molecular weight is 220 g/mol. The second-order valence-corrected chi connectivity index (χ2v) is 3.69. The van der Waals surface area contributed by atoms with Gasteiger partial charge in [-0.2, -0.15) is 0 Å². The summed E-state index contributed by atoms with van der Waals surface area (Å²) in [5, 5.41) is 2.79. The van der Waals surface area contributed by atoms with E-state index in [0.717, 1.165) is 24.4 Å². The molecule has 0 unspecified atom stereocenters. The third kappa shape index (κ3) is 2.27. The molecule has 1 fully saturated rings. The van der Waals surface area contributed by atoms with Crippen LogP contribution in [0.2, 0.25) is 0 Å². The molecule has 0 aromatic heterocycles. The molecule has 0 spiro atoms. The lowest BCUT2D eigenvalue weighted by molar-refractivity contribution is 0.214. The third-order valence-electron chi connectivity index (χ3n) is 2.58. The van der Waals surface area contributed by atoms with E-state index in [2.05, 4.69) is 5.32 Å². The van der Waals surface area contributed by atoms with Gasteiger partial charge in [-0.05, 0) is 13.0 Å². The lowest BCUT2D eigenvalue weighted by atomic mass is 10.2. The fourth-order valence-corrected chi connectivity index (χ4v) is 1.80. The Morgan fingerprint density at radius 2 is 2.25 bits per heavy atom. The highest BCUT2D eigenvalue weighted by Crippen LogP contribution is 2.20. The minimum atomic E-state index is 0.00583. The third-order valence-corrected chi connectivity index (χ3v) is 2.58. The van der Waals surface area contributed by atoms with Crippen molar-refractivity contribution in [2.45, 2.75) is 13.5 Å². The van der Waals surface area contributed by atoms with E-state index in [4.69, 9.17) is 4.74 Å². The summed E-state index contributed by atoms with van der Waals surface area (Å²) in [6, 6.07) is 7.85. The van der Waals surface area contributed by atoms with E-state index in [9.17, 15) is 4.79 Å². The van der Waals surface area contributed by atoms with Crippen molar-refractivity contribution in [3.63, 3.8) is 0 Å². The van der Waals surface area contributed by atoms with Gasteiger partial charge in [0, 0.05) is 18.7 Å². The van der Waals surface area contributed by atoms with Gasteiger partial charge in [-0.3, -0.25) is 0 Å². The van der Waals surface area contributed by atoms with E-state index in [0.29, 0.717) is 13.2 Å². The number of amides is 2. The van der Waals surface area contributed by atoms with Gasteiger partial charge in [0.2, 0.25) is 0 Å². The van der Waals surface area contributed by atoms with E-state index < -0.39 is 0 Å². The summed E-state index contributed by atoms with van der Waals surface area (Å²) in [5.41, 5.74) is 1.06. The van der Waals surface area contributed by atoms with Crippen LogP contribution in [0.3, 0.4) is 0 Å². The van der Waals surface area contributed by atoms with Gasteiger partial charge in [-0.25, -0.2) is 4.79 Å². The summed E-state index contributed by atoms with van der Waals surface area (Å²) in [6.45, 7) is 4.71. The number of para-hydroxylation sites is 1. The molecule has 1 aliphatic heterocycles. The SMILES string of the molecule is CCOc1ccccc1CN1CCNC1=O. The number of benzene rings is 1. The van der Waals surface area contributed by atoms with Crippen molar-refractivity contribution in [2.24, 2.45) is 0 Å². The first-order valence-electron chi connectivity index (χ1n) is 5.54. The maximum Gasteiger partial charge on any atom is 0.317 e. The Kier molecular flexibility index (Phi) is 3.29. The summed E-state index contributed by atoms with van der Waals surface area (Å²) in [7, 11) is 0. The van der Waals surface area contributed by atoms with Crippen LogP contribution in [0.4, 0.5) is 4.79 Å². The molecule has 4 nitrogen and oxygen atoms in total. The number of carbonyl (C=O) groups excluding carboxylic acids is 1. The first-order valence-corrected chi connectivity index (χ1v) is 5.54. The van der Waals surface area contributed by atoms with Gasteiger partial charge < -0.3 is 15.0 Å². The number of carbonyl (C=O) groups is 1. The molecule has 0 radical (unpaired) electrons. The largest absolute Gasteiger partial charge is 0.494 e. The minimum absolute atomic E-state index is 0.00583. The molecule has 0 aliphatic carbocycles. The molecule has 0 bridgehead atoms. The molecule has 2 rings (SSSR count). The molecule has 1 N–H and O–H groups in total. The average Bonchev–Trinajstić information content (AvgIpc) is 2.68. The minimum Gasteiger partial charge on any atom is -0.494 e. The number of rotatable bonds is 4. The first kappa shape index (κ1) is 10.8. The van der Waals surface area contributed by atoms with Crippen LogP contribution in [0.1, 0.15) is 12.5 Å². The highest BCUT2D eigenvalue weighted by molar-refractivity contribution is 5.76. The van der Waals surface area contributed by atoms with Crippen LogP contribution in [-0.4, -0.2) is 30.6 Å². The van der Waals surface area contributed by atoms with Gasteiger partial charge in [0.15, 0.2) is 0 Å². The van der Waals surface area contributed by atoms with Crippen LogP contribution in [0.5, 0.6) is 5.75 Å². The summed E-state index contributed by atoms with van der Waals surface area (Å²) >= 11 is 0. The molecule has 1 saturated heterocycles. The first-order chi connectivity index (χ1) is 7.81. The second-order valence-electron chi connectivity index (χ2n) is 3.69. The Balaban J connectivity index is 2.10. The maximum absolute atomic E-state index is 11.4. The van der Waals surface area contributed by atoms with Crippen LogP contribution in [0.25, 0.3) is 0 Å². The van der Waals surface area contributed by atoms with Gasteiger partial charge in [-0.1, -0.05) is 18.2 Å². The van der Waals surface area contributed by atoms with Crippen LogP contribution in [0, 0.1) is 0 Å². The number of hydrogen-bond acceptors (Lipinski definition) is 2. The van der Waals surface area contributed by atoms with Crippen molar-refractivity contribution >= 4 is 6.03 Å². The van der Waals surface area contributed by atoms with Crippen LogP contribution in [-0.2, 0) is 6.54 Å². The highest BCUT2D eigenvalue weighted by atomic mass is 16.5. The molecule has 0 saturated carbocycles. The Hall–Kier alpha value is -1.71. The second kappa shape index (κ2) is 4.88. The van der Waals surface area contributed by atoms with Gasteiger partial charge in [0.25, 0.3) is 0 Å². The van der Waals surface area contributed by atoms with Crippen molar-refractivity contribution in [2.75, 3.05) is 19.7 Å². The van der Waals surface area contributed by atoms with E-state index in [1.807, 2.05) is 31.2 Å². The lowest BCUT2D eigenvalue weighted by Gasteiger charge is -2.16. The number of ether oxygens (including phenoxy) is 1. The topological polar surface area (TPSA) is 41.6 Å². The summed E-state index contributed by atoms with van der Waals surface area (Å²) in [4.78, 5) is 13.2. The Morgan fingerprint density at radius 1 is 1.44 bits per heavy atom. The van der Waals surface area contributed by atoms with Crippen LogP contribution < -0.4 is 10.1 Å². The fraction of sp³-hybridized carbons (Fsp3) is 0.417. The quantitative estimate of drug-likeness (QED) is 0.837. The molecular formula is C12H16N2O2. The number of urea groups is 1. The van der Waals surface area contributed by atoms with Crippen LogP contribution in [0.15, 0.2) is 24.3 Å². The lowest BCUT2D eigenvalue weighted by Crippen LogP contribution is -2.27. The smallest absolute Gasteiger partial charge is 0.317 e. The number of nitrogens with one attached hydrogen (secondary N) is 1. The zero-order chi connectivity index (χ0) is 11.4. The summed E-state index contributed by atoms with van der Waals surface area (Å²) in [5.74, 6) is 0.865. The van der Waals surface area contributed by atoms with E-state index >= 15 is 0 Å². The molecule has 0 atom stereocenters. The molecule has 1 aliphatic rings. The van der Waals surface area contributed by atoms with Crippen molar-refractivity contribution in [3.8, 4) is 5.75 Å². The van der Waals surface area contributed by atoms with Gasteiger partial charge in [0.1, 0.15) is 5.75 Å². The zero-order valence-corrected chi connectivity index (χ0v) is 9.40. The van der Waals surface area contributed by atoms with E-state index in [1.165, 1.54) is 0 Å². The number of nitrogens with zero attached hydrogens (tertiary/aromatic N) is 1. The van der Waals surface area contributed by atoms with Crippen molar-refractivity contribution in [1.82, 2.24) is 10.2 Å². The standard InChI is InChI=1S/C12H16N2O2/c1-2-16-11-6-4-3-5-10(11)9-14-8-7-13-12(14)15/h3-6H,2,7-9H2,1H3,(H,13,15). The van der Waals surface area contributed by atoms with Gasteiger partial charge >= 0.3 is 6.03 Å². The molecule has 2 amide bonds. The van der Waals surface area contributed by atoms with Crippen molar-refractivity contribution in [1.29, 1.82) is 0 Å². The zero-order valence-electron chi connectivity index (χ0n) is 9.40. The molecule has 86 valence electrons. The Bertz CT molecular complexity index is 379. The van der Waals surface area contributed by atoms with Gasteiger partial charge in [0.05, 0.1) is 13.2 Å². The fourth-order valence-electron chi connectivity index (χ4n) is 1.80. The van der Waals surface area contributed by atoms with E-state index in [-0.39, 0.29) is 6.03 Å². The molecule has 1 heterocycles. The summed E-state index contributed by atoms with van der Waals surface area (Å²) in [6.07, 6.45) is 0. The Labute approximate surface area is 95.2 Å². The normalized spacial score (nSPS) is 15.1. The molecule has 1 aromatic carbocycles. The predicted octanol–water partition coefficient (Wildman–Crippen LogP) is 1.61. The van der Waals surface area contributed by atoms with Gasteiger partial charge in [-0.15, -0.1) is 0 Å². The monoisotopic (exact) mass is 220 g/mol. The van der Waals surface area contributed by atoms with Crippen LogP contribution >= 0.6 is 0 Å². The molecule has 4 heteroatoms. The highest BCUT2D eigenvalue weighted by Gasteiger charge is 2.20. The van der Waals surface area contributed by atoms with Crippen molar-refractivity contribution in [3.05, 3.63) is 29.8 Å². The maximum atomic E-state index is 11.4. The van der Waals surface area contributed by atoms with Crippen molar-refractivity contribution < 1.29 is 9.53 Å². The molecule has 16 heavy (non-hydrogen) atoms. The summed E-state index contributed by atoms with van der Waals surface area (Å²) < 4.78 is 5.52. The Morgan fingerprint density at radius 3 is 2.94 bits per heavy atom. The predicted molar refractivity (Wildman–Crippen MR) is 61.4 cm³/mol. The molecular weight excluding hydrogens is 204 g/mol. The molecule has 1 aromatic rings.